The third-order valence-corrected chi connectivity index (χ3v) is 4.25. The number of benzene rings is 2. The maximum atomic E-state index is 12.3. The number of nitrogens with one attached hydrogen (secondary N) is 2. The second-order valence-corrected chi connectivity index (χ2v) is 6.45. The Morgan fingerprint density at radius 3 is 2.38 bits per heavy atom. The predicted octanol–water partition coefficient (Wildman–Crippen LogP) is 2.07. The van der Waals surface area contributed by atoms with E-state index in [1.54, 1.807) is 48.5 Å². The van der Waals surface area contributed by atoms with Crippen LogP contribution in [-0.4, -0.2) is 35.5 Å². The molecule has 0 bridgehead atoms. The maximum Gasteiger partial charge on any atom is 0.305 e. The van der Waals surface area contributed by atoms with Crippen molar-refractivity contribution in [1.29, 1.82) is 0 Å². The Hall–Kier alpha value is -3.68. The molecule has 2 unspecified atom stereocenters. The van der Waals surface area contributed by atoms with Crippen molar-refractivity contribution in [3.63, 3.8) is 0 Å². The average molecular weight is 396 g/mol. The Labute approximate surface area is 168 Å². The van der Waals surface area contributed by atoms with Gasteiger partial charge in [-0.25, -0.2) is 0 Å². The van der Waals surface area contributed by atoms with Crippen LogP contribution in [0, 0.1) is 0 Å². The van der Waals surface area contributed by atoms with E-state index >= 15 is 0 Å². The molecule has 0 fully saturated rings. The van der Waals surface area contributed by atoms with Crippen molar-refractivity contribution in [3.05, 3.63) is 65.7 Å². The minimum absolute atomic E-state index is 0.0806. The first-order valence-corrected chi connectivity index (χ1v) is 9.13. The van der Waals surface area contributed by atoms with E-state index in [4.69, 9.17) is 10.9 Å². The first-order valence-electron chi connectivity index (χ1n) is 9.13. The van der Waals surface area contributed by atoms with Crippen LogP contribution in [0.1, 0.15) is 36.4 Å². The second-order valence-electron chi connectivity index (χ2n) is 6.45. The molecule has 0 saturated carbocycles. The smallest absolute Gasteiger partial charge is 0.305 e. The quantitative estimate of drug-likeness (QED) is 0.199. The van der Waals surface area contributed by atoms with E-state index in [0.717, 1.165) is 23.1 Å². The van der Waals surface area contributed by atoms with Crippen molar-refractivity contribution in [2.45, 2.75) is 31.3 Å². The Morgan fingerprint density at radius 2 is 1.79 bits per heavy atom. The third kappa shape index (κ3) is 7.45. The SMILES string of the molecule is NN=Cc1ccc(NC(C=O)CCC(=O)NC(CC(=O)O)c2ccccc2)cc1. The lowest BCUT2D eigenvalue weighted by Gasteiger charge is -2.19. The summed E-state index contributed by atoms with van der Waals surface area (Å²) in [5.41, 5.74) is 2.27. The molecule has 8 nitrogen and oxygen atoms in total. The molecule has 2 rings (SSSR count). The van der Waals surface area contributed by atoms with Crippen molar-refractivity contribution < 1.29 is 19.5 Å². The molecule has 152 valence electrons. The fourth-order valence-corrected chi connectivity index (χ4v) is 2.81. The molecule has 2 aromatic carbocycles. The number of carbonyl (C=O) groups excluding carboxylic acids is 2. The molecule has 5 N–H and O–H groups in total. The van der Waals surface area contributed by atoms with E-state index in [9.17, 15) is 14.4 Å². The predicted molar refractivity (Wildman–Crippen MR) is 111 cm³/mol. The normalized spacial score (nSPS) is 12.8. The zero-order chi connectivity index (χ0) is 21.1. The summed E-state index contributed by atoms with van der Waals surface area (Å²) in [5.74, 6) is 3.78. The number of rotatable bonds is 11. The molecule has 1 amide bonds. The molecular formula is C21H24N4O4. The summed E-state index contributed by atoms with van der Waals surface area (Å²) in [4.78, 5) is 34.8. The maximum absolute atomic E-state index is 12.3. The number of aliphatic carboxylic acids is 1. The number of carboxylic acid groups (broad SMARTS) is 1. The molecule has 0 aliphatic heterocycles. The van der Waals surface area contributed by atoms with Crippen molar-refractivity contribution >= 4 is 30.1 Å². The van der Waals surface area contributed by atoms with Crippen LogP contribution in [0.3, 0.4) is 0 Å². The Morgan fingerprint density at radius 1 is 1.10 bits per heavy atom. The fraction of sp³-hybridized carbons (Fsp3) is 0.238. The monoisotopic (exact) mass is 396 g/mol. The van der Waals surface area contributed by atoms with E-state index in [-0.39, 0.29) is 25.2 Å². The summed E-state index contributed by atoms with van der Waals surface area (Å²) in [6.45, 7) is 0. The number of nitrogens with two attached hydrogens (primary N) is 1. The van der Waals surface area contributed by atoms with Gasteiger partial charge in [-0.3, -0.25) is 9.59 Å². The van der Waals surface area contributed by atoms with Gasteiger partial charge in [-0.05, 0) is 29.7 Å². The molecule has 0 aromatic heterocycles. The van der Waals surface area contributed by atoms with E-state index in [0.29, 0.717) is 0 Å². The summed E-state index contributed by atoms with van der Waals surface area (Å²) in [6, 6.07) is 14.9. The van der Waals surface area contributed by atoms with Crippen molar-refractivity contribution in [2.75, 3.05) is 5.32 Å². The number of hydrogen-bond donors (Lipinski definition) is 4. The fourth-order valence-electron chi connectivity index (χ4n) is 2.81. The van der Waals surface area contributed by atoms with Crippen LogP contribution in [0.5, 0.6) is 0 Å². The minimum Gasteiger partial charge on any atom is -0.481 e. The highest BCUT2D eigenvalue weighted by molar-refractivity contribution is 5.80. The highest BCUT2D eigenvalue weighted by Crippen LogP contribution is 2.17. The summed E-state index contributed by atoms with van der Waals surface area (Å²) in [5, 5.41) is 18.3. The number of aldehydes is 1. The van der Waals surface area contributed by atoms with Crippen LogP contribution in [0.25, 0.3) is 0 Å². The van der Waals surface area contributed by atoms with Crippen molar-refractivity contribution in [2.24, 2.45) is 10.9 Å². The van der Waals surface area contributed by atoms with E-state index in [1.165, 1.54) is 6.21 Å². The number of amides is 1. The van der Waals surface area contributed by atoms with Gasteiger partial charge < -0.3 is 26.4 Å². The van der Waals surface area contributed by atoms with Gasteiger partial charge in [0, 0.05) is 12.1 Å². The van der Waals surface area contributed by atoms with Crippen molar-refractivity contribution in [1.82, 2.24) is 5.32 Å². The zero-order valence-electron chi connectivity index (χ0n) is 15.8. The van der Waals surface area contributed by atoms with Gasteiger partial charge in [0.05, 0.1) is 24.7 Å². The Kier molecular flexibility index (Phi) is 8.37. The van der Waals surface area contributed by atoms with Crippen LogP contribution >= 0.6 is 0 Å². The van der Waals surface area contributed by atoms with E-state index in [1.807, 2.05) is 6.07 Å². The summed E-state index contributed by atoms with van der Waals surface area (Å²) in [6.07, 6.45) is 2.39. The lowest BCUT2D eigenvalue weighted by atomic mass is 10.0. The lowest BCUT2D eigenvalue weighted by molar-refractivity contribution is -0.137. The molecule has 0 heterocycles. The van der Waals surface area contributed by atoms with E-state index < -0.39 is 18.1 Å². The van der Waals surface area contributed by atoms with Crippen LogP contribution < -0.4 is 16.5 Å². The molecule has 0 radical (unpaired) electrons. The number of carbonyl (C=O) groups is 3. The molecule has 29 heavy (non-hydrogen) atoms. The number of nitrogens with zero attached hydrogens (tertiary/aromatic N) is 1. The topological polar surface area (TPSA) is 134 Å². The summed E-state index contributed by atoms with van der Waals surface area (Å²) >= 11 is 0. The van der Waals surface area contributed by atoms with Crippen LogP contribution in [-0.2, 0) is 14.4 Å². The number of anilines is 1. The van der Waals surface area contributed by atoms with Crippen LogP contribution in [0.4, 0.5) is 5.69 Å². The Bertz CT molecular complexity index is 838. The third-order valence-electron chi connectivity index (χ3n) is 4.25. The number of hydrogen-bond acceptors (Lipinski definition) is 6. The van der Waals surface area contributed by atoms with Crippen LogP contribution in [0.15, 0.2) is 59.7 Å². The van der Waals surface area contributed by atoms with Gasteiger partial charge in [0.2, 0.25) is 5.91 Å². The number of hydrazone groups is 1. The van der Waals surface area contributed by atoms with Crippen LogP contribution in [0.2, 0.25) is 0 Å². The van der Waals surface area contributed by atoms with Gasteiger partial charge in [-0.1, -0.05) is 42.5 Å². The van der Waals surface area contributed by atoms with Gasteiger partial charge in [0.15, 0.2) is 0 Å². The minimum atomic E-state index is -1.00. The van der Waals surface area contributed by atoms with Crippen molar-refractivity contribution in [3.8, 4) is 0 Å². The summed E-state index contributed by atoms with van der Waals surface area (Å²) < 4.78 is 0. The Balaban J connectivity index is 1.90. The molecule has 0 aliphatic rings. The lowest BCUT2D eigenvalue weighted by Crippen LogP contribution is -2.31. The standard InChI is InChI=1S/C21H24N4O4/c22-23-13-15-6-8-17(9-7-15)24-18(14-26)10-11-20(27)25-19(12-21(28)29)16-4-2-1-3-5-16/h1-9,13-14,18-19,24H,10-12,22H2,(H,25,27)(H,28,29). The van der Waals surface area contributed by atoms with Gasteiger partial charge in [0.25, 0.3) is 0 Å². The molecule has 2 aromatic rings. The average Bonchev–Trinajstić information content (AvgIpc) is 2.72. The first-order chi connectivity index (χ1) is 14.0. The molecular weight excluding hydrogens is 372 g/mol. The number of carboxylic acids is 1. The van der Waals surface area contributed by atoms with Gasteiger partial charge >= 0.3 is 5.97 Å². The van der Waals surface area contributed by atoms with E-state index in [2.05, 4.69) is 15.7 Å². The highest BCUT2D eigenvalue weighted by Gasteiger charge is 2.19. The largest absolute Gasteiger partial charge is 0.481 e. The van der Waals surface area contributed by atoms with Gasteiger partial charge in [0.1, 0.15) is 6.29 Å². The molecule has 8 heteroatoms. The summed E-state index contributed by atoms with van der Waals surface area (Å²) in [7, 11) is 0. The molecule has 0 spiro atoms. The molecule has 0 saturated heterocycles. The second kappa shape index (κ2) is 11.2. The first kappa shape index (κ1) is 21.6. The zero-order valence-corrected chi connectivity index (χ0v) is 15.8. The van der Waals surface area contributed by atoms with Gasteiger partial charge in [-0.15, -0.1) is 0 Å². The molecule has 0 aliphatic carbocycles. The highest BCUT2D eigenvalue weighted by atomic mass is 16.4. The molecule has 2 atom stereocenters. The van der Waals surface area contributed by atoms with Gasteiger partial charge in [-0.2, -0.15) is 5.10 Å².